The third kappa shape index (κ3) is 4.32. The number of carbonyl (C=O) groups is 2. The number of carbonyl (C=O) groups excluding carboxylic acids is 1. The van der Waals surface area contributed by atoms with Crippen molar-refractivity contribution in [2.45, 2.75) is 17.4 Å². The van der Waals surface area contributed by atoms with E-state index in [1.807, 2.05) is 42.5 Å². The van der Waals surface area contributed by atoms with Gasteiger partial charge in [0.2, 0.25) is 0 Å². The summed E-state index contributed by atoms with van der Waals surface area (Å²) in [6, 6.07) is 14.1. The van der Waals surface area contributed by atoms with Crippen LogP contribution in [0.2, 0.25) is 0 Å². The van der Waals surface area contributed by atoms with Gasteiger partial charge in [0.05, 0.1) is 5.92 Å². The summed E-state index contributed by atoms with van der Waals surface area (Å²) >= 11 is 1.48. The minimum atomic E-state index is -0.905. The van der Waals surface area contributed by atoms with Crippen LogP contribution in [-0.4, -0.2) is 36.3 Å². The van der Waals surface area contributed by atoms with Crippen LogP contribution in [0.25, 0.3) is 10.8 Å². The first-order valence-electron chi connectivity index (χ1n) is 6.96. The fourth-order valence-corrected chi connectivity index (χ4v) is 3.23. The molecule has 0 aromatic heterocycles. The second-order valence-corrected chi connectivity index (χ2v) is 6.09. The number of hydrogen-bond acceptors (Lipinski definition) is 4. The Labute approximate surface area is 133 Å². The first kappa shape index (κ1) is 16.5. The van der Waals surface area contributed by atoms with E-state index in [2.05, 4.69) is 0 Å². The van der Waals surface area contributed by atoms with Crippen LogP contribution in [-0.2, 0) is 14.3 Å². The predicted molar refractivity (Wildman–Crippen MR) is 87.3 cm³/mol. The minimum absolute atomic E-state index is 0.190. The van der Waals surface area contributed by atoms with Crippen molar-refractivity contribution in [2.75, 3.05) is 12.9 Å². The highest BCUT2D eigenvalue weighted by molar-refractivity contribution is 7.99. The molecule has 0 saturated heterocycles. The van der Waals surface area contributed by atoms with Crippen LogP contribution in [0.4, 0.5) is 0 Å². The summed E-state index contributed by atoms with van der Waals surface area (Å²) in [6.45, 7) is 0. The number of benzene rings is 2. The molecule has 0 fully saturated rings. The molecule has 1 N–H and O–H groups in total. The fourth-order valence-electron chi connectivity index (χ4n) is 2.18. The second-order valence-electron chi connectivity index (χ2n) is 5.00. The molecule has 0 aliphatic carbocycles. The van der Waals surface area contributed by atoms with Crippen molar-refractivity contribution in [3.8, 4) is 0 Å². The SMILES string of the molecule is COC(C=O)CC(CSc1ccc2ccccc2c1)C(=O)O. The third-order valence-electron chi connectivity index (χ3n) is 3.49. The molecule has 116 valence electrons. The molecule has 0 aliphatic heterocycles. The van der Waals surface area contributed by atoms with Gasteiger partial charge < -0.3 is 14.6 Å². The molecule has 0 saturated carbocycles. The third-order valence-corrected chi connectivity index (χ3v) is 4.65. The van der Waals surface area contributed by atoms with E-state index >= 15 is 0 Å². The molecule has 0 radical (unpaired) electrons. The molecule has 22 heavy (non-hydrogen) atoms. The number of hydrogen-bond donors (Lipinski definition) is 1. The van der Waals surface area contributed by atoms with Gasteiger partial charge in [0, 0.05) is 17.8 Å². The number of ether oxygens (including phenoxy) is 1. The molecule has 2 aromatic rings. The van der Waals surface area contributed by atoms with Gasteiger partial charge in [-0.2, -0.15) is 0 Å². The summed E-state index contributed by atoms with van der Waals surface area (Å²) in [5.41, 5.74) is 0. The molecule has 0 amide bonds. The van der Waals surface area contributed by atoms with E-state index in [1.54, 1.807) is 0 Å². The van der Waals surface area contributed by atoms with E-state index in [9.17, 15) is 14.7 Å². The van der Waals surface area contributed by atoms with Crippen molar-refractivity contribution < 1.29 is 19.4 Å². The quantitative estimate of drug-likeness (QED) is 0.598. The van der Waals surface area contributed by atoms with E-state index in [0.717, 1.165) is 15.7 Å². The van der Waals surface area contributed by atoms with Crippen molar-refractivity contribution in [3.63, 3.8) is 0 Å². The molecule has 2 aromatic carbocycles. The average molecular weight is 318 g/mol. The van der Waals surface area contributed by atoms with Gasteiger partial charge in [0.1, 0.15) is 12.4 Å². The summed E-state index contributed by atoms with van der Waals surface area (Å²) in [4.78, 5) is 23.1. The van der Waals surface area contributed by atoms with Crippen LogP contribution in [0.5, 0.6) is 0 Å². The molecule has 0 bridgehead atoms. The van der Waals surface area contributed by atoms with E-state index < -0.39 is 18.0 Å². The number of aliphatic carboxylic acids is 1. The number of carboxylic acid groups (broad SMARTS) is 1. The van der Waals surface area contributed by atoms with Crippen LogP contribution in [0, 0.1) is 5.92 Å². The monoisotopic (exact) mass is 318 g/mol. The van der Waals surface area contributed by atoms with Crippen molar-refractivity contribution in [3.05, 3.63) is 42.5 Å². The molecule has 0 heterocycles. The van der Waals surface area contributed by atoms with Crippen molar-refractivity contribution in [1.82, 2.24) is 0 Å². The number of carboxylic acids is 1. The lowest BCUT2D eigenvalue weighted by Crippen LogP contribution is -2.25. The Hall–Kier alpha value is -1.85. The number of aldehydes is 1. The van der Waals surface area contributed by atoms with Crippen molar-refractivity contribution in [2.24, 2.45) is 5.92 Å². The summed E-state index contributed by atoms with van der Waals surface area (Å²) in [5, 5.41) is 11.6. The molecule has 4 nitrogen and oxygen atoms in total. The van der Waals surface area contributed by atoms with Crippen molar-refractivity contribution >= 4 is 34.8 Å². The van der Waals surface area contributed by atoms with E-state index in [-0.39, 0.29) is 6.42 Å². The molecule has 2 atom stereocenters. The van der Waals surface area contributed by atoms with Crippen LogP contribution in [0.15, 0.2) is 47.4 Å². The van der Waals surface area contributed by atoms with Gasteiger partial charge in [-0.1, -0.05) is 30.3 Å². The Balaban J connectivity index is 2.04. The normalized spacial score (nSPS) is 13.7. The van der Waals surface area contributed by atoms with Crippen LogP contribution in [0.3, 0.4) is 0 Å². The zero-order valence-corrected chi connectivity index (χ0v) is 13.1. The standard InChI is InChI=1S/C17H18O4S/c1-21-15(10-18)8-14(17(19)20)11-22-16-7-6-12-4-2-3-5-13(12)9-16/h2-7,9-10,14-15H,8,11H2,1H3,(H,19,20). The van der Waals surface area contributed by atoms with Crippen LogP contribution < -0.4 is 0 Å². The van der Waals surface area contributed by atoms with Gasteiger partial charge in [-0.15, -0.1) is 11.8 Å². The number of rotatable bonds is 8. The maximum Gasteiger partial charge on any atom is 0.307 e. The Kier molecular flexibility index (Phi) is 5.98. The highest BCUT2D eigenvalue weighted by atomic mass is 32.2. The largest absolute Gasteiger partial charge is 0.481 e. The zero-order valence-electron chi connectivity index (χ0n) is 12.3. The first-order chi connectivity index (χ1) is 10.6. The van der Waals surface area contributed by atoms with Crippen LogP contribution >= 0.6 is 11.8 Å². The highest BCUT2D eigenvalue weighted by Gasteiger charge is 2.22. The van der Waals surface area contributed by atoms with E-state index in [1.165, 1.54) is 18.9 Å². The lowest BCUT2D eigenvalue weighted by Gasteiger charge is -2.15. The maximum absolute atomic E-state index is 11.3. The zero-order chi connectivity index (χ0) is 15.9. The van der Waals surface area contributed by atoms with Gasteiger partial charge in [-0.3, -0.25) is 4.79 Å². The smallest absolute Gasteiger partial charge is 0.307 e. The van der Waals surface area contributed by atoms with Crippen LogP contribution in [0.1, 0.15) is 6.42 Å². The summed E-state index contributed by atoms with van der Waals surface area (Å²) in [5.74, 6) is -1.12. The van der Waals surface area contributed by atoms with Crippen molar-refractivity contribution in [1.29, 1.82) is 0 Å². The molecule has 2 unspecified atom stereocenters. The Morgan fingerprint density at radius 2 is 2.00 bits per heavy atom. The predicted octanol–water partition coefficient (Wildman–Crippen LogP) is 3.24. The Morgan fingerprint density at radius 3 is 2.64 bits per heavy atom. The summed E-state index contributed by atoms with van der Waals surface area (Å²) in [7, 11) is 1.41. The van der Waals surface area contributed by atoms with Gasteiger partial charge in [-0.25, -0.2) is 0 Å². The van der Waals surface area contributed by atoms with Gasteiger partial charge in [0.25, 0.3) is 0 Å². The molecular formula is C17H18O4S. The number of thioether (sulfide) groups is 1. The molecule has 0 aliphatic rings. The Bertz CT molecular complexity index is 656. The number of fused-ring (bicyclic) bond motifs is 1. The Morgan fingerprint density at radius 1 is 1.27 bits per heavy atom. The summed E-state index contributed by atoms with van der Waals surface area (Å²) < 4.78 is 4.95. The minimum Gasteiger partial charge on any atom is -0.481 e. The summed E-state index contributed by atoms with van der Waals surface area (Å²) in [6.07, 6.45) is 0.172. The average Bonchev–Trinajstić information content (AvgIpc) is 2.54. The maximum atomic E-state index is 11.3. The van der Waals surface area contributed by atoms with Gasteiger partial charge in [0.15, 0.2) is 0 Å². The molecule has 0 spiro atoms. The lowest BCUT2D eigenvalue weighted by atomic mass is 10.0. The van der Waals surface area contributed by atoms with E-state index in [4.69, 9.17) is 4.74 Å². The molecule has 2 rings (SSSR count). The second kappa shape index (κ2) is 7.96. The first-order valence-corrected chi connectivity index (χ1v) is 7.95. The molecular weight excluding hydrogens is 300 g/mol. The lowest BCUT2D eigenvalue weighted by molar-refractivity contribution is -0.142. The van der Waals surface area contributed by atoms with E-state index in [0.29, 0.717) is 12.0 Å². The van der Waals surface area contributed by atoms with Gasteiger partial charge in [-0.05, 0) is 29.3 Å². The fraction of sp³-hybridized carbons (Fsp3) is 0.294. The van der Waals surface area contributed by atoms with Gasteiger partial charge >= 0.3 is 5.97 Å². The topological polar surface area (TPSA) is 63.6 Å². The highest BCUT2D eigenvalue weighted by Crippen LogP contribution is 2.26. The molecule has 5 heteroatoms. The number of methoxy groups -OCH3 is 1.